The molecule has 94 valence electrons. The zero-order chi connectivity index (χ0) is 12.8. The van der Waals surface area contributed by atoms with Gasteiger partial charge < -0.3 is 15.5 Å². The minimum Gasteiger partial charge on any atom is -0.478 e. The van der Waals surface area contributed by atoms with Crippen LogP contribution in [-0.4, -0.2) is 33.8 Å². The van der Waals surface area contributed by atoms with Gasteiger partial charge in [0.1, 0.15) is 11.4 Å². The van der Waals surface area contributed by atoms with Crippen LogP contribution in [0.3, 0.4) is 0 Å². The summed E-state index contributed by atoms with van der Waals surface area (Å²) in [6.45, 7) is 4.04. The zero-order valence-corrected chi connectivity index (χ0v) is 10.1. The monoisotopic (exact) mass is 238 g/mol. The van der Waals surface area contributed by atoms with Crippen molar-refractivity contribution < 1.29 is 15.0 Å². The molecule has 1 aromatic heterocycles. The minimum atomic E-state index is -1.03. The highest BCUT2D eigenvalue weighted by molar-refractivity contribution is 5.93. The number of nitrogens with one attached hydrogen (secondary N) is 1. The molecule has 0 radical (unpaired) electrons. The van der Waals surface area contributed by atoms with Crippen LogP contribution in [0.2, 0.25) is 0 Å². The van der Waals surface area contributed by atoms with Crippen molar-refractivity contribution in [3.63, 3.8) is 0 Å². The summed E-state index contributed by atoms with van der Waals surface area (Å²) >= 11 is 0. The third-order valence-corrected chi connectivity index (χ3v) is 2.36. The minimum absolute atomic E-state index is 0.0478. The van der Waals surface area contributed by atoms with Crippen LogP contribution in [0, 0.1) is 5.92 Å². The molecule has 0 aliphatic rings. The average molecular weight is 238 g/mol. The Morgan fingerprint density at radius 3 is 2.76 bits per heavy atom. The lowest BCUT2D eigenvalue weighted by atomic mass is 10.0. The first-order chi connectivity index (χ1) is 8.04. The van der Waals surface area contributed by atoms with E-state index in [2.05, 4.69) is 10.3 Å². The fourth-order valence-electron chi connectivity index (χ4n) is 1.63. The van der Waals surface area contributed by atoms with Gasteiger partial charge in [-0.05, 0) is 24.5 Å². The molecule has 3 N–H and O–H groups in total. The van der Waals surface area contributed by atoms with Crippen LogP contribution in [0.25, 0.3) is 0 Å². The SMILES string of the molecule is CC(C)CC(CO)Nc1ncccc1C(=O)O. The number of aromatic carboxylic acids is 1. The van der Waals surface area contributed by atoms with E-state index in [0.29, 0.717) is 11.7 Å². The Morgan fingerprint density at radius 1 is 1.53 bits per heavy atom. The second kappa shape index (κ2) is 6.20. The largest absolute Gasteiger partial charge is 0.478 e. The molecule has 0 aliphatic carbocycles. The zero-order valence-electron chi connectivity index (χ0n) is 10.1. The van der Waals surface area contributed by atoms with E-state index in [0.717, 1.165) is 6.42 Å². The standard InChI is InChI=1S/C12H18N2O3/c1-8(2)6-9(7-15)14-11-10(12(16)17)4-3-5-13-11/h3-5,8-9,15H,6-7H2,1-2H3,(H,13,14)(H,16,17). The van der Waals surface area contributed by atoms with E-state index < -0.39 is 5.97 Å². The first kappa shape index (κ1) is 13.4. The predicted molar refractivity (Wildman–Crippen MR) is 65.1 cm³/mol. The number of hydrogen-bond donors (Lipinski definition) is 3. The number of hydrogen-bond acceptors (Lipinski definition) is 4. The highest BCUT2D eigenvalue weighted by Gasteiger charge is 2.15. The molecule has 1 rings (SSSR count). The van der Waals surface area contributed by atoms with Gasteiger partial charge in [-0.1, -0.05) is 13.8 Å². The highest BCUT2D eigenvalue weighted by Crippen LogP contribution is 2.15. The Kier molecular flexibility index (Phi) is 4.90. The van der Waals surface area contributed by atoms with E-state index in [1.165, 1.54) is 12.3 Å². The van der Waals surface area contributed by atoms with Crippen LogP contribution in [0.4, 0.5) is 5.82 Å². The molecule has 17 heavy (non-hydrogen) atoms. The molecule has 0 aliphatic heterocycles. The number of aliphatic hydroxyl groups excluding tert-OH is 1. The summed E-state index contributed by atoms with van der Waals surface area (Å²) in [5, 5.41) is 21.2. The predicted octanol–water partition coefficient (Wildman–Crippen LogP) is 1.60. The number of anilines is 1. The van der Waals surface area contributed by atoms with E-state index in [1.807, 2.05) is 13.8 Å². The fourth-order valence-corrected chi connectivity index (χ4v) is 1.63. The molecule has 0 saturated carbocycles. The van der Waals surface area contributed by atoms with Gasteiger partial charge in [0, 0.05) is 6.20 Å². The van der Waals surface area contributed by atoms with Gasteiger partial charge in [0.25, 0.3) is 0 Å². The molecule has 5 heteroatoms. The van der Waals surface area contributed by atoms with Gasteiger partial charge in [-0.2, -0.15) is 0 Å². The third-order valence-electron chi connectivity index (χ3n) is 2.36. The number of carboxylic acid groups (broad SMARTS) is 1. The second-order valence-electron chi connectivity index (χ2n) is 4.36. The number of aliphatic hydroxyl groups is 1. The van der Waals surface area contributed by atoms with Gasteiger partial charge in [0.15, 0.2) is 0 Å². The maximum atomic E-state index is 11.0. The van der Waals surface area contributed by atoms with Gasteiger partial charge in [0.05, 0.1) is 12.6 Å². The number of carbonyl (C=O) groups is 1. The molecule has 0 saturated heterocycles. The summed E-state index contributed by atoms with van der Waals surface area (Å²) in [7, 11) is 0. The summed E-state index contributed by atoms with van der Waals surface area (Å²) in [6, 6.07) is 2.88. The van der Waals surface area contributed by atoms with E-state index in [4.69, 9.17) is 5.11 Å². The maximum absolute atomic E-state index is 11.0. The van der Waals surface area contributed by atoms with E-state index in [-0.39, 0.29) is 18.2 Å². The second-order valence-corrected chi connectivity index (χ2v) is 4.36. The number of nitrogens with zero attached hydrogens (tertiary/aromatic N) is 1. The topological polar surface area (TPSA) is 82.5 Å². The van der Waals surface area contributed by atoms with Gasteiger partial charge in [-0.25, -0.2) is 9.78 Å². The quantitative estimate of drug-likeness (QED) is 0.701. The number of rotatable bonds is 6. The van der Waals surface area contributed by atoms with Crippen LogP contribution in [0.5, 0.6) is 0 Å². The van der Waals surface area contributed by atoms with Crippen LogP contribution in [0.1, 0.15) is 30.6 Å². The van der Waals surface area contributed by atoms with E-state index >= 15 is 0 Å². The Morgan fingerprint density at radius 2 is 2.24 bits per heavy atom. The van der Waals surface area contributed by atoms with Crippen LogP contribution in [0.15, 0.2) is 18.3 Å². The Hall–Kier alpha value is -1.62. The van der Waals surface area contributed by atoms with Crippen LogP contribution < -0.4 is 5.32 Å². The van der Waals surface area contributed by atoms with Gasteiger partial charge in [-0.15, -0.1) is 0 Å². The van der Waals surface area contributed by atoms with Crippen molar-refractivity contribution in [1.29, 1.82) is 0 Å². The summed E-state index contributed by atoms with van der Waals surface area (Å²) in [6.07, 6.45) is 2.28. The first-order valence-corrected chi connectivity index (χ1v) is 5.60. The molecule has 1 atom stereocenters. The molecule has 0 aromatic carbocycles. The molecule has 0 bridgehead atoms. The van der Waals surface area contributed by atoms with Gasteiger partial charge >= 0.3 is 5.97 Å². The van der Waals surface area contributed by atoms with Gasteiger partial charge in [0.2, 0.25) is 0 Å². The van der Waals surface area contributed by atoms with Crippen molar-refractivity contribution in [1.82, 2.24) is 4.98 Å². The summed E-state index contributed by atoms with van der Waals surface area (Å²) < 4.78 is 0. The Balaban J connectivity index is 2.82. The summed E-state index contributed by atoms with van der Waals surface area (Å²) in [5.74, 6) is -0.307. The van der Waals surface area contributed by atoms with E-state index in [1.54, 1.807) is 6.07 Å². The Bertz CT molecular complexity index is 380. The fraction of sp³-hybridized carbons (Fsp3) is 0.500. The third kappa shape index (κ3) is 4.03. The lowest BCUT2D eigenvalue weighted by molar-refractivity contribution is 0.0697. The molecular weight excluding hydrogens is 220 g/mol. The first-order valence-electron chi connectivity index (χ1n) is 5.60. The normalized spacial score (nSPS) is 12.5. The Labute approximate surface area is 101 Å². The lowest BCUT2D eigenvalue weighted by Gasteiger charge is -2.19. The molecular formula is C12H18N2O3. The summed E-state index contributed by atoms with van der Waals surface area (Å²) in [4.78, 5) is 15.0. The van der Waals surface area contributed by atoms with E-state index in [9.17, 15) is 9.90 Å². The van der Waals surface area contributed by atoms with Crippen molar-refractivity contribution in [3.8, 4) is 0 Å². The lowest BCUT2D eigenvalue weighted by Crippen LogP contribution is -2.27. The average Bonchev–Trinajstić information content (AvgIpc) is 2.28. The van der Waals surface area contributed by atoms with Crippen molar-refractivity contribution in [3.05, 3.63) is 23.9 Å². The van der Waals surface area contributed by atoms with Crippen molar-refractivity contribution in [2.24, 2.45) is 5.92 Å². The highest BCUT2D eigenvalue weighted by atomic mass is 16.4. The van der Waals surface area contributed by atoms with Crippen LogP contribution >= 0.6 is 0 Å². The number of carboxylic acids is 1. The molecule has 5 nitrogen and oxygen atoms in total. The van der Waals surface area contributed by atoms with Gasteiger partial charge in [-0.3, -0.25) is 0 Å². The smallest absolute Gasteiger partial charge is 0.339 e. The number of aromatic nitrogens is 1. The van der Waals surface area contributed by atoms with Crippen LogP contribution in [-0.2, 0) is 0 Å². The van der Waals surface area contributed by atoms with Crippen molar-refractivity contribution in [2.45, 2.75) is 26.3 Å². The van der Waals surface area contributed by atoms with Crippen molar-refractivity contribution in [2.75, 3.05) is 11.9 Å². The molecule has 1 unspecified atom stereocenters. The number of pyridine rings is 1. The van der Waals surface area contributed by atoms with Crippen molar-refractivity contribution >= 4 is 11.8 Å². The maximum Gasteiger partial charge on any atom is 0.339 e. The molecule has 0 spiro atoms. The summed E-state index contributed by atoms with van der Waals surface area (Å²) in [5.41, 5.74) is 0.120. The molecule has 0 amide bonds. The molecule has 0 fully saturated rings. The molecule has 1 aromatic rings. The molecule has 1 heterocycles.